The van der Waals surface area contributed by atoms with Gasteiger partial charge in [-0.2, -0.15) is 0 Å². The van der Waals surface area contributed by atoms with Crippen molar-refractivity contribution in [1.82, 2.24) is 10.2 Å². The minimum absolute atomic E-state index is 0.154. The number of benzene rings is 1. The van der Waals surface area contributed by atoms with Crippen LogP contribution in [0.4, 0.5) is 0 Å². The van der Waals surface area contributed by atoms with E-state index in [1.807, 2.05) is 25.2 Å². The molecule has 2 aliphatic carbocycles. The van der Waals surface area contributed by atoms with E-state index in [0.29, 0.717) is 30.5 Å². The summed E-state index contributed by atoms with van der Waals surface area (Å²) in [4.78, 5) is 14.5. The maximum Gasteiger partial charge on any atom is 0.234 e. The first-order valence-corrected chi connectivity index (χ1v) is 8.89. The van der Waals surface area contributed by atoms with Crippen LogP contribution in [0.2, 0.25) is 0 Å². The van der Waals surface area contributed by atoms with E-state index in [-0.39, 0.29) is 5.91 Å². The van der Waals surface area contributed by atoms with Gasteiger partial charge in [-0.15, -0.1) is 0 Å². The molecule has 1 amide bonds. The second-order valence-corrected chi connectivity index (χ2v) is 7.43. The lowest BCUT2D eigenvalue weighted by Crippen LogP contribution is -2.55. The third-order valence-corrected chi connectivity index (χ3v) is 5.41. The molecule has 2 aliphatic rings. The summed E-state index contributed by atoms with van der Waals surface area (Å²) in [5, 5.41) is 3.32. The Bertz CT molecular complexity index is 505. The SMILES string of the molecule is CN(CC(=O)NC1C2CCCC1CC(N)C2)Cc1ccccc1. The van der Waals surface area contributed by atoms with Crippen LogP contribution < -0.4 is 11.1 Å². The van der Waals surface area contributed by atoms with Gasteiger partial charge in [0.25, 0.3) is 0 Å². The zero-order valence-electron chi connectivity index (χ0n) is 14.1. The zero-order valence-corrected chi connectivity index (χ0v) is 14.1. The van der Waals surface area contributed by atoms with Crippen LogP contribution in [0.1, 0.15) is 37.7 Å². The summed E-state index contributed by atoms with van der Waals surface area (Å²) in [5.41, 5.74) is 7.40. The van der Waals surface area contributed by atoms with Gasteiger partial charge in [0.1, 0.15) is 0 Å². The second-order valence-electron chi connectivity index (χ2n) is 7.43. The van der Waals surface area contributed by atoms with Gasteiger partial charge >= 0.3 is 0 Å². The van der Waals surface area contributed by atoms with Crippen molar-refractivity contribution in [3.05, 3.63) is 35.9 Å². The van der Waals surface area contributed by atoms with Gasteiger partial charge < -0.3 is 11.1 Å². The first kappa shape index (κ1) is 16.5. The number of nitrogens with two attached hydrogens (primary N) is 1. The summed E-state index contributed by atoms with van der Waals surface area (Å²) in [6.07, 6.45) is 5.87. The highest BCUT2D eigenvalue weighted by atomic mass is 16.2. The Labute approximate surface area is 139 Å². The summed E-state index contributed by atoms with van der Waals surface area (Å²) < 4.78 is 0. The lowest BCUT2D eigenvalue weighted by molar-refractivity contribution is -0.124. The lowest BCUT2D eigenvalue weighted by atomic mass is 9.67. The number of likely N-dealkylation sites (N-methyl/N-ethyl adjacent to an activating group) is 1. The largest absolute Gasteiger partial charge is 0.352 e. The highest BCUT2D eigenvalue weighted by Crippen LogP contribution is 2.39. The van der Waals surface area contributed by atoms with Gasteiger partial charge in [-0.05, 0) is 50.1 Å². The summed E-state index contributed by atoms with van der Waals surface area (Å²) >= 11 is 0. The van der Waals surface area contributed by atoms with Crippen LogP contribution >= 0.6 is 0 Å². The van der Waals surface area contributed by atoms with E-state index in [9.17, 15) is 4.79 Å². The average Bonchev–Trinajstić information content (AvgIpc) is 2.49. The van der Waals surface area contributed by atoms with Gasteiger partial charge in [0.2, 0.25) is 5.91 Å². The fourth-order valence-electron chi connectivity index (χ4n) is 4.45. The Morgan fingerprint density at radius 1 is 1.22 bits per heavy atom. The molecule has 2 bridgehead atoms. The third kappa shape index (κ3) is 4.33. The molecule has 0 aromatic heterocycles. The van der Waals surface area contributed by atoms with E-state index in [4.69, 9.17) is 5.73 Å². The lowest BCUT2D eigenvalue weighted by Gasteiger charge is -2.45. The van der Waals surface area contributed by atoms with Crippen LogP contribution in [0.5, 0.6) is 0 Å². The number of amides is 1. The fraction of sp³-hybridized carbons (Fsp3) is 0.632. The van der Waals surface area contributed by atoms with E-state index in [0.717, 1.165) is 19.4 Å². The van der Waals surface area contributed by atoms with Crippen molar-refractivity contribution in [2.75, 3.05) is 13.6 Å². The average molecular weight is 315 g/mol. The Hall–Kier alpha value is -1.39. The predicted octanol–water partition coefficient (Wildman–Crippen LogP) is 2.14. The number of fused-ring (bicyclic) bond motifs is 2. The number of nitrogens with one attached hydrogen (secondary N) is 1. The highest BCUT2D eigenvalue weighted by molar-refractivity contribution is 5.78. The number of nitrogens with zero attached hydrogens (tertiary/aromatic N) is 1. The van der Waals surface area contributed by atoms with Gasteiger partial charge in [0.15, 0.2) is 0 Å². The van der Waals surface area contributed by atoms with Crippen molar-refractivity contribution in [3.63, 3.8) is 0 Å². The highest BCUT2D eigenvalue weighted by Gasteiger charge is 2.39. The zero-order chi connectivity index (χ0) is 16.2. The Balaban J connectivity index is 1.51. The van der Waals surface area contributed by atoms with Crippen LogP contribution in [0.15, 0.2) is 30.3 Å². The number of rotatable bonds is 5. The topological polar surface area (TPSA) is 58.4 Å². The maximum atomic E-state index is 12.4. The van der Waals surface area contributed by atoms with Crippen LogP contribution in [-0.2, 0) is 11.3 Å². The van der Waals surface area contributed by atoms with Gasteiger partial charge in [0, 0.05) is 18.6 Å². The molecule has 2 atom stereocenters. The molecule has 23 heavy (non-hydrogen) atoms. The molecule has 1 aromatic rings. The Morgan fingerprint density at radius 3 is 2.52 bits per heavy atom. The smallest absolute Gasteiger partial charge is 0.234 e. The summed E-state index contributed by atoms with van der Waals surface area (Å²) in [6, 6.07) is 11.0. The molecule has 3 rings (SSSR count). The van der Waals surface area contributed by atoms with Crippen molar-refractivity contribution in [1.29, 1.82) is 0 Å². The second kappa shape index (κ2) is 7.45. The normalized spacial score (nSPS) is 30.2. The van der Waals surface area contributed by atoms with Crippen molar-refractivity contribution in [2.24, 2.45) is 17.6 Å². The molecular weight excluding hydrogens is 286 g/mol. The standard InChI is InChI=1S/C19H29N3O/c1-22(12-14-6-3-2-4-7-14)13-18(23)21-19-15-8-5-9-16(19)11-17(20)10-15/h2-4,6-7,15-17,19H,5,8-13,20H2,1H3,(H,21,23). The number of hydrogen-bond acceptors (Lipinski definition) is 3. The molecule has 0 radical (unpaired) electrons. The molecule has 2 fully saturated rings. The molecule has 126 valence electrons. The minimum Gasteiger partial charge on any atom is -0.352 e. The molecule has 0 aliphatic heterocycles. The van der Waals surface area contributed by atoms with Gasteiger partial charge in [0.05, 0.1) is 6.54 Å². The molecule has 4 nitrogen and oxygen atoms in total. The first-order chi connectivity index (χ1) is 11.1. The van der Waals surface area contributed by atoms with E-state index >= 15 is 0 Å². The number of hydrogen-bond donors (Lipinski definition) is 2. The monoisotopic (exact) mass is 315 g/mol. The van der Waals surface area contributed by atoms with E-state index in [1.54, 1.807) is 0 Å². The Morgan fingerprint density at radius 2 is 1.87 bits per heavy atom. The van der Waals surface area contributed by atoms with Crippen molar-refractivity contribution in [2.45, 2.75) is 50.7 Å². The molecule has 0 heterocycles. The first-order valence-electron chi connectivity index (χ1n) is 8.89. The molecule has 2 unspecified atom stereocenters. The minimum atomic E-state index is 0.154. The van der Waals surface area contributed by atoms with Gasteiger partial charge in [-0.25, -0.2) is 0 Å². The van der Waals surface area contributed by atoms with E-state index in [2.05, 4.69) is 22.3 Å². The molecule has 1 aromatic carbocycles. The molecule has 0 spiro atoms. The van der Waals surface area contributed by atoms with Crippen molar-refractivity contribution in [3.8, 4) is 0 Å². The molecular formula is C19H29N3O. The number of carbonyl (C=O) groups is 1. The molecule has 0 saturated heterocycles. The summed E-state index contributed by atoms with van der Waals surface area (Å²) in [5.74, 6) is 1.32. The van der Waals surface area contributed by atoms with Crippen LogP contribution in [0.3, 0.4) is 0 Å². The van der Waals surface area contributed by atoms with Crippen molar-refractivity contribution < 1.29 is 4.79 Å². The maximum absolute atomic E-state index is 12.4. The molecule has 2 saturated carbocycles. The third-order valence-electron chi connectivity index (χ3n) is 5.41. The van der Waals surface area contributed by atoms with Gasteiger partial charge in [-0.1, -0.05) is 36.8 Å². The predicted molar refractivity (Wildman–Crippen MR) is 92.7 cm³/mol. The quantitative estimate of drug-likeness (QED) is 0.875. The van der Waals surface area contributed by atoms with Crippen molar-refractivity contribution >= 4 is 5.91 Å². The van der Waals surface area contributed by atoms with Gasteiger partial charge in [-0.3, -0.25) is 9.69 Å². The Kier molecular flexibility index (Phi) is 5.34. The summed E-state index contributed by atoms with van der Waals surface area (Å²) in [7, 11) is 2.00. The van der Waals surface area contributed by atoms with Crippen LogP contribution in [0, 0.1) is 11.8 Å². The molecule has 3 N–H and O–H groups in total. The van der Waals surface area contributed by atoms with E-state index in [1.165, 1.54) is 24.8 Å². The number of carbonyl (C=O) groups excluding carboxylic acids is 1. The summed E-state index contributed by atoms with van der Waals surface area (Å²) in [6.45, 7) is 1.26. The van der Waals surface area contributed by atoms with Crippen LogP contribution in [-0.4, -0.2) is 36.5 Å². The van der Waals surface area contributed by atoms with E-state index < -0.39 is 0 Å². The van der Waals surface area contributed by atoms with Crippen LogP contribution in [0.25, 0.3) is 0 Å². The molecule has 4 heteroatoms. The fourth-order valence-corrected chi connectivity index (χ4v) is 4.45.